The van der Waals surface area contributed by atoms with Crippen molar-refractivity contribution < 1.29 is 68.4 Å². The summed E-state index contributed by atoms with van der Waals surface area (Å²) >= 11 is 0. The molecule has 0 bridgehead atoms. The van der Waals surface area contributed by atoms with Crippen LogP contribution in [0.1, 0.15) is 57.8 Å². The molecule has 0 saturated carbocycles. The molecule has 1 rings (SSSR count). The van der Waals surface area contributed by atoms with Gasteiger partial charge in [0.15, 0.2) is 0 Å². The fourth-order valence-electron chi connectivity index (χ4n) is 4.77. The summed E-state index contributed by atoms with van der Waals surface area (Å²) in [5.41, 5.74) is 11.0. The van der Waals surface area contributed by atoms with Gasteiger partial charge in [-0.1, -0.05) is 0 Å². The number of carboxylic acids is 3. The Kier molecular flexibility index (Phi) is 19.8. The average Bonchev–Trinajstić information content (AvgIpc) is 3.06. The first kappa shape index (κ1) is 44.6. The predicted molar refractivity (Wildman–Crippen MR) is 174 cm³/mol. The van der Waals surface area contributed by atoms with Crippen LogP contribution in [0.15, 0.2) is 0 Å². The number of nitrogens with one attached hydrogen (secondary N) is 7. The maximum atomic E-state index is 13.4. The summed E-state index contributed by atoms with van der Waals surface area (Å²) in [6, 6.07) is -10.5. The Labute approximate surface area is 296 Å². The summed E-state index contributed by atoms with van der Waals surface area (Å²) in [7, 11) is 0. The van der Waals surface area contributed by atoms with Gasteiger partial charge in [0.25, 0.3) is 0 Å². The number of unbranched alkanes of at least 4 members (excludes halogenated alkanes) is 2. The number of aliphatic carboxylic acids is 3. The minimum Gasteiger partial charge on any atom is -0.481 e. The lowest BCUT2D eigenvalue weighted by atomic mass is 10.0. The van der Waals surface area contributed by atoms with Crippen molar-refractivity contribution in [2.24, 2.45) is 11.5 Å². The maximum absolute atomic E-state index is 13.4. The van der Waals surface area contributed by atoms with Gasteiger partial charge < -0.3 is 69.1 Å². The Balaban J connectivity index is 3.70. The van der Waals surface area contributed by atoms with Crippen molar-refractivity contribution in [3.8, 4) is 0 Å². The summed E-state index contributed by atoms with van der Waals surface area (Å²) in [5.74, 6) is -12.9. The molecule has 6 atom stereocenters. The largest absolute Gasteiger partial charge is 0.481 e. The van der Waals surface area contributed by atoms with E-state index < -0.39 is 128 Å². The molecule has 1 heterocycles. The Bertz CT molecular complexity index is 1330. The first-order chi connectivity index (χ1) is 24.5. The van der Waals surface area contributed by atoms with E-state index in [2.05, 4.69) is 37.2 Å². The highest BCUT2D eigenvalue weighted by atomic mass is 16.4. The van der Waals surface area contributed by atoms with Crippen LogP contribution in [0.5, 0.6) is 0 Å². The first-order valence-corrected chi connectivity index (χ1v) is 16.3. The van der Waals surface area contributed by atoms with E-state index in [4.69, 9.17) is 11.5 Å². The van der Waals surface area contributed by atoms with E-state index in [0.29, 0.717) is 12.8 Å². The van der Waals surface area contributed by atoms with Crippen LogP contribution in [0, 0.1) is 0 Å². The Morgan fingerprint density at radius 2 is 0.827 bits per heavy atom. The fourth-order valence-corrected chi connectivity index (χ4v) is 4.77. The molecule has 0 aromatic rings. The average molecular weight is 746 g/mol. The van der Waals surface area contributed by atoms with Crippen molar-refractivity contribution in [1.82, 2.24) is 37.2 Å². The molecule has 0 radical (unpaired) electrons. The van der Waals surface area contributed by atoms with Crippen LogP contribution in [-0.2, 0) is 47.9 Å². The van der Waals surface area contributed by atoms with Gasteiger partial charge in [0.1, 0.15) is 36.3 Å². The number of carbonyl (C=O) groups excluding carboxylic acids is 7. The molecule has 23 nitrogen and oxygen atoms in total. The van der Waals surface area contributed by atoms with Crippen LogP contribution in [0.2, 0.25) is 0 Å². The highest BCUT2D eigenvalue weighted by Crippen LogP contribution is 2.08. The summed E-state index contributed by atoms with van der Waals surface area (Å²) in [4.78, 5) is 127. The molecule has 292 valence electrons. The van der Waals surface area contributed by atoms with Gasteiger partial charge >= 0.3 is 17.9 Å². The van der Waals surface area contributed by atoms with E-state index in [1.807, 2.05) is 0 Å². The van der Waals surface area contributed by atoms with Crippen molar-refractivity contribution in [3.63, 3.8) is 0 Å². The van der Waals surface area contributed by atoms with E-state index >= 15 is 0 Å². The lowest BCUT2D eigenvalue weighted by molar-refractivity contribution is -0.144. The molecule has 0 aromatic carbocycles. The van der Waals surface area contributed by atoms with E-state index in [1.54, 1.807) is 0 Å². The van der Waals surface area contributed by atoms with Crippen LogP contribution >= 0.6 is 0 Å². The van der Waals surface area contributed by atoms with Crippen molar-refractivity contribution in [2.75, 3.05) is 26.2 Å². The van der Waals surface area contributed by atoms with E-state index in [1.165, 1.54) is 0 Å². The lowest BCUT2D eigenvalue weighted by Gasteiger charge is -2.26. The Morgan fingerprint density at radius 3 is 1.17 bits per heavy atom. The van der Waals surface area contributed by atoms with E-state index in [0.717, 1.165) is 0 Å². The number of hydrogen-bond donors (Lipinski definition) is 13. The van der Waals surface area contributed by atoms with Crippen LogP contribution in [0.4, 0.5) is 0 Å². The summed E-state index contributed by atoms with van der Waals surface area (Å²) in [6.45, 7) is -1.55. The second-order valence-corrected chi connectivity index (χ2v) is 11.7. The molecule has 0 aliphatic carbocycles. The summed E-state index contributed by atoms with van der Waals surface area (Å²) in [5, 5.41) is 53.2. The topological polar surface area (TPSA) is 388 Å². The van der Waals surface area contributed by atoms with Gasteiger partial charge in [-0.3, -0.25) is 47.9 Å². The van der Waals surface area contributed by atoms with Crippen molar-refractivity contribution in [3.05, 3.63) is 0 Å². The van der Waals surface area contributed by atoms with Crippen molar-refractivity contribution in [2.45, 2.75) is 94.0 Å². The molecule has 52 heavy (non-hydrogen) atoms. The van der Waals surface area contributed by atoms with Crippen LogP contribution in [-0.4, -0.2) is 142 Å². The summed E-state index contributed by atoms with van der Waals surface area (Å²) < 4.78 is 0. The number of aliphatic hydroxyl groups is 1. The smallest absolute Gasteiger partial charge is 0.305 e. The van der Waals surface area contributed by atoms with Gasteiger partial charge in [0, 0.05) is 0 Å². The van der Waals surface area contributed by atoms with Crippen LogP contribution in [0.3, 0.4) is 0 Å². The summed E-state index contributed by atoms with van der Waals surface area (Å²) in [6.07, 6.45) is -2.35. The Morgan fingerprint density at radius 1 is 0.500 bits per heavy atom. The minimum atomic E-state index is -1.96. The SMILES string of the molecule is NCCCC[C@@H]1NC(=O)[C@H](CC(=O)O)NC(=O)CNC(=O)[C@H](CO)NC(=O)[C@H](CCCCN)NC(=O)[C@H](CC(=O)O)NC(=O)[C@H](CC(=O)O)NC1=O. The molecule has 7 amide bonds. The number of carboxylic acid groups (broad SMARTS) is 3. The lowest BCUT2D eigenvalue weighted by Crippen LogP contribution is -2.60. The van der Waals surface area contributed by atoms with Gasteiger partial charge in [0.05, 0.1) is 32.4 Å². The molecule has 0 unspecified atom stereocenters. The monoisotopic (exact) mass is 745 g/mol. The number of hydrogen-bond acceptors (Lipinski definition) is 13. The van der Waals surface area contributed by atoms with Gasteiger partial charge in [0.2, 0.25) is 41.4 Å². The van der Waals surface area contributed by atoms with E-state index in [-0.39, 0.29) is 38.8 Å². The second kappa shape index (κ2) is 23.1. The zero-order valence-electron chi connectivity index (χ0n) is 28.2. The second-order valence-electron chi connectivity index (χ2n) is 11.7. The molecular weight excluding hydrogens is 698 g/mol. The number of nitrogens with two attached hydrogens (primary N) is 2. The molecule has 15 N–H and O–H groups in total. The molecule has 1 aliphatic heterocycles. The number of rotatable bonds is 15. The third-order valence-electron chi connectivity index (χ3n) is 7.45. The Hall–Kier alpha value is -5.42. The van der Waals surface area contributed by atoms with Crippen LogP contribution < -0.4 is 48.7 Å². The zero-order valence-corrected chi connectivity index (χ0v) is 28.2. The number of amides is 7. The van der Waals surface area contributed by atoms with Crippen LogP contribution in [0.25, 0.3) is 0 Å². The maximum Gasteiger partial charge on any atom is 0.305 e. The third-order valence-corrected chi connectivity index (χ3v) is 7.45. The highest BCUT2D eigenvalue weighted by Gasteiger charge is 2.35. The standard InChI is InChI=1S/C29H47N9O14/c30-7-3-1-5-14-25(48)36-18(11-23(45)46)29(52)37-17(10-22(43)44)28(51)35-15(6-2-4-8-31)26(49)38-19(13-39)24(47)32-12-20(40)33-16(9-21(41)42)27(50)34-14/h14-19,39H,1-13,30-31H2,(H,32,47)(H,33,40)(H,34,50)(H,35,51)(H,36,48)(H,37,52)(H,38,49)(H,41,42)(H,43,44)(H,45,46)/t14-,15-,16-,17-,18-,19-/m0/s1. The number of aliphatic hydroxyl groups excluding tert-OH is 1. The van der Waals surface area contributed by atoms with E-state index in [9.17, 15) is 68.4 Å². The fraction of sp³-hybridized carbons (Fsp3) is 0.655. The molecule has 1 aliphatic rings. The van der Waals surface area contributed by atoms with Gasteiger partial charge in [-0.05, 0) is 51.6 Å². The molecule has 1 saturated heterocycles. The van der Waals surface area contributed by atoms with Crippen molar-refractivity contribution >= 4 is 59.3 Å². The van der Waals surface area contributed by atoms with Gasteiger partial charge in [-0.15, -0.1) is 0 Å². The molecular formula is C29H47N9O14. The zero-order chi connectivity index (χ0) is 39.4. The quantitative estimate of drug-likeness (QED) is 0.0693. The first-order valence-electron chi connectivity index (χ1n) is 16.3. The predicted octanol–water partition coefficient (Wildman–Crippen LogP) is -6.30. The molecule has 0 spiro atoms. The normalized spacial score (nSPS) is 24.4. The molecule has 23 heteroatoms. The molecule has 1 fully saturated rings. The number of carbonyl (C=O) groups is 10. The highest BCUT2D eigenvalue weighted by molar-refractivity contribution is 5.99. The van der Waals surface area contributed by atoms with Crippen molar-refractivity contribution in [1.29, 1.82) is 0 Å². The minimum absolute atomic E-state index is 0.125. The van der Waals surface area contributed by atoms with Gasteiger partial charge in [-0.25, -0.2) is 0 Å². The third kappa shape index (κ3) is 16.5. The molecule has 0 aromatic heterocycles. The van der Waals surface area contributed by atoms with Gasteiger partial charge in [-0.2, -0.15) is 0 Å².